The van der Waals surface area contributed by atoms with E-state index in [-0.39, 0.29) is 35.8 Å². The lowest BCUT2D eigenvalue weighted by Gasteiger charge is -2.43. The van der Waals surface area contributed by atoms with Crippen LogP contribution in [0.3, 0.4) is 0 Å². The molecule has 4 aliphatic heterocycles. The van der Waals surface area contributed by atoms with Crippen molar-refractivity contribution in [2.75, 3.05) is 4.90 Å². The molecule has 0 atom stereocenters. The van der Waals surface area contributed by atoms with E-state index >= 15 is 0 Å². The number of hydrogen-bond acceptors (Lipinski definition) is 3. The summed E-state index contributed by atoms with van der Waals surface area (Å²) in [7, 11) is 0. The summed E-state index contributed by atoms with van der Waals surface area (Å²) >= 11 is 0. The van der Waals surface area contributed by atoms with Gasteiger partial charge in [-0.25, -0.2) is 0 Å². The van der Waals surface area contributed by atoms with Crippen molar-refractivity contribution in [2.24, 2.45) is 0 Å². The lowest BCUT2D eigenvalue weighted by atomic mass is 9.32. The van der Waals surface area contributed by atoms with Crippen LogP contribution in [0.1, 0.15) is 49.9 Å². The highest BCUT2D eigenvalue weighted by molar-refractivity contribution is 7.05. The number of phenolic OH excluding ortho intramolecular Hbond substituents is 2. The first-order chi connectivity index (χ1) is 31.6. The topological polar surface area (TPSA) is 43.7 Å². The van der Waals surface area contributed by atoms with E-state index in [2.05, 4.69) is 160 Å². The molecule has 65 heavy (non-hydrogen) atoms. The second kappa shape index (κ2) is 11.8. The Kier molecular flexibility index (Phi) is 6.52. The van der Waals surface area contributed by atoms with Gasteiger partial charge in [-0.3, -0.25) is 0 Å². The van der Waals surface area contributed by atoms with Gasteiger partial charge in [0.2, 0.25) is 13.4 Å². The second-order valence-corrected chi connectivity index (χ2v) is 20.3. The molecule has 3 nitrogen and oxygen atoms in total. The third kappa shape index (κ3) is 4.35. The summed E-state index contributed by atoms with van der Waals surface area (Å²) in [5.41, 5.74) is 32.1. The van der Waals surface area contributed by atoms with Crippen LogP contribution in [0, 0.1) is 0 Å². The summed E-state index contributed by atoms with van der Waals surface area (Å²) in [6, 6.07) is 60.4. The first-order valence-corrected chi connectivity index (χ1v) is 23.0. The van der Waals surface area contributed by atoms with E-state index in [0.717, 1.165) is 22.3 Å². The molecule has 15 rings (SSSR count). The van der Waals surface area contributed by atoms with E-state index in [1.54, 1.807) is 12.1 Å². The van der Waals surface area contributed by atoms with E-state index in [4.69, 9.17) is 0 Å². The van der Waals surface area contributed by atoms with Gasteiger partial charge in [-0.2, -0.15) is 0 Å². The van der Waals surface area contributed by atoms with Crippen LogP contribution >= 0.6 is 0 Å². The summed E-state index contributed by atoms with van der Waals surface area (Å²) in [5, 5.41) is 21.0. The molecule has 4 heterocycles. The van der Waals surface area contributed by atoms with E-state index in [0.29, 0.717) is 0 Å². The van der Waals surface area contributed by atoms with Gasteiger partial charge < -0.3 is 15.1 Å². The molecule has 9 aromatic carbocycles. The maximum atomic E-state index is 10.5. The summed E-state index contributed by atoms with van der Waals surface area (Å²) in [6.07, 6.45) is 0. The summed E-state index contributed by atoms with van der Waals surface area (Å²) in [6.45, 7) is 9.58. The van der Waals surface area contributed by atoms with Crippen molar-refractivity contribution >= 4 is 63.3 Å². The smallest absolute Gasteiger partial charge is 0.248 e. The van der Waals surface area contributed by atoms with E-state index in [1.165, 1.54) is 117 Å². The molecule has 6 aliphatic rings. The highest BCUT2D eigenvalue weighted by Crippen LogP contribution is 2.54. The molecule has 0 radical (unpaired) electrons. The van der Waals surface area contributed by atoms with Crippen LogP contribution in [0.4, 0.5) is 17.1 Å². The van der Waals surface area contributed by atoms with E-state index < -0.39 is 0 Å². The van der Waals surface area contributed by atoms with E-state index in [1.807, 2.05) is 24.3 Å². The number of benzene rings is 9. The maximum Gasteiger partial charge on any atom is 0.248 e. The van der Waals surface area contributed by atoms with Crippen molar-refractivity contribution in [1.82, 2.24) is 0 Å². The monoisotopic (exact) mass is 829 g/mol. The Morgan fingerprint density at radius 1 is 0.354 bits per heavy atom. The van der Waals surface area contributed by atoms with Crippen LogP contribution in [0.25, 0.3) is 66.8 Å². The molecule has 9 aromatic rings. The molecule has 0 spiro atoms. The highest BCUT2D eigenvalue weighted by Gasteiger charge is 2.52. The van der Waals surface area contributed by atoms with Gasteiger partial charge >= 0.3 is 0 Å². The van der Waals surface area contributed by atoms with Gasteiger partial charge in [0.1, 0.15) is 11.5 Å². The molecule has 0 amide bonds. The number of nitrogens with zero attached hydrogens (tertiary/aromatic N) is 1. The average molecular weight is 830 g/mol. The van der Waals surface area contributed by atoms with Gasteiger partial charge in [0.25, 0.3) is 0 Å². The predicted molar refractivity (Wildman–Crippen MR) is 271 cm³/mol. The number of aromatic hydroxyl groups is 2. The lowest BCUT2D eigenvalue weighted by Crippen LogP contribution is -2.63. The molecule has 0 saturated heterocycles. The predicted octanol–water partition coefficient (Wildman–Crippen LogP) is 10.1. The fourth-order valence-corrected chi connectivity index (χ4v) is 13.5. The van der Waals surface area contributed by atoms with Crippen molar-refractivity contribution in [2.45, 2.75) is 38.5 Å². The maximum absolute atomic E-state index is 10.5. The second-order valence-electron chi connectivity index (χ2n) is 20.3. The zero-order chi connectivity index (χ0) is 43.4. The van der Waals surface area contributed by atoms with Crippen molar-refractivity contribution in [3.63, 3.8) is 0 Å². The standard InChI is InChI=1S/C60H41B2NO2/c1-59(2)46-13-7-5-10-38(46)41-28-43-40-12-9-15-54-56(40)61(50(43)30-48(41)59)52-25-35(33-18-22-37(65)23-19-33)26-53-58(52)63(54)55-27-34(32-16-20-36(64)21-17-32)24-45-44-29-42-39-11-6-8-14-47(39)60(3,4)49(42)31-51(44)62(53)57(45)55/h5-31,64-65H,1-4H3. The molecular weight excluding hydrogens is 788 g/mol. The Morgan fingerprint density at radius 3 is 1.38 bits per heavy atom. The molecular formula is C60H41B2NO2. The van der Waals surface area contributed by atoms with Crippen LogP contribution in [0.15, 0.2) is 164 Å². The van der Waals surface area contributed by atoms with Crippen LogP contribution in [-0.2, 0) is 10.8 Å². The molecule has 0 unspecified atom stereocenters. The number of rotatable bonds is 2. The van der Waals surface area contributed by atoms with Crippen LogP contribution in [0.5, 0.6) is 11.5 Å². The molecule has 5 heteroatoms. The minimum atomic E-state index is -0.152. The third-order valence-corrected chi connectivity index (χ3v) is 16.4. The molecule has 0 aromatic heterocycles. The summed E-state index contributed by atoms with van der Waals surface area (Å²) < 4.78 is 0. The Hall–Kier alpha value is -7.49. The fourth-order valence-electron chi connectivity index (χ4n) is 13.5. The number of anilines is 3. The first kappa shape index (κ1) is 35.9. The van der Waals surface area contributed by atoms with E-state index in [9.17, 15) is 10.2 Å². The third-order valence-electron chi connectivity index (χ3n) is 16.4. The first-order valence-electron chi connectivity index (χ1n) is 23.0. The Labute approximate surface area is 379 Å². The van der Waals surface area contributed by atoms with Crippen LogP contribution in [-0.4, -0.2) is 23.6 Å². The number of hydrogen-bond donors (Lipinski definition) is 2. The van der Waals surface area contributed by atoms with Gasteiger partial charge in [0.15, 0.2) is 0 Å². The van der Waals surface area contributed by atoms with Gasteiger partial charge in [-0.1, -0.05) is 148 Å². The zero-order valence-corrected chi connectivity index (χ0v) is 36.6. The largest absolute Gasteiger partial charge is 0.508 e. The quantitative estimate of drug-likeness (QED) is 0.171. The van der Waals surface area contributed by atoms with Crippen molar-refractivity contribution in [1.29, 1.82) is 0 Å². The number of phenols is 2. The minimum Gasteiger partial charge on any atom is -0.508 e. The highest BCUT2D eigenvalue weighted by atomic mass is 16.3. The Morgan fingerprint density at radius 2 is 0.831 bits per heavy atom. The van der Waals surface area contributed by atoms with Gasteiger partial charge in [-0.05, 0) is 165 Å². The zero-order valence-electron chi connectivity index (χ0n) is 36.6. The lowest BCUT2D eigenvalue weighted by molar-refractivity contribution is 0.475. The Bertz CT molecular complexity index is 3680. The molecule has 2 aliphatic carbocycles. The molecule has 0 saturated carbocycles. The normalized spacial score (nSPS) is 15.7. The van der Waals surface area contributed by atoms with Gasteiger partial charge in [-0.15, -0.1) is 0 Å². The van der Waals surface area contributed by atoms with Crippen molar-refractivity contribution in [3.05, 3.63) is 186 Å². The fraction of sp³-hybridized carbons (Fsp3) is 0.100. The van der Waals surface area contributed by atoms with Crippen molar-refractivity contribution < 1.29 is 10.2 Å². The van der Waals surface area contributed by atoms with Gasteiger partial charge in [0, 0.05) is 27.9 Å². The summed E-state index contributed by atoms with van der Waals surface area (Å²) in [5.74, 6) is 0.533. The van der Waals surface area contributed by atoms with Gasteiger partial charge in [0.05, 0.1) is 0 Å². The molecule has 0 bridgehead atoms. The Balaban J connectivity index is 1.06. The minimum absolute atomic E-state index is 0.00481. The number of fused-ring (bicyclic) bond motifs is 16. The average Bonchev–Trinajstić information content (AvgIpc) is 3.97. The molecule has 0 fully saturated rings. The summed E-state index contributed by atoms with van der Waals surface area (Å²) in [4.78, 5) is 2.62. The molecule has 304 valence electrons. The van der Waals surface area contributed by atoms with Crippen molar-refractivity contribution in [3.8, 4) is 78.3 Å². The van der Waals surface area contributed by atoms with Crippen LogP contribution < -0.4 is 37.7 Å². The van der Waals surface area contributed by atoms with Crippen LogP contribution in [0.2, 0.25) is 0 Å². The molecule has 2 N–H and O–H groups in total. The SMILES string of the molecule is CC1(C)c2ccccc2-c2cc3c(cc21)B1c2cc(-c4ccc(O)cc4)cc4c2N(c2cccc-3c21)c1cc(-c2ccc(O)cc2)cc2c1B4c1cc3c(cc1-2)-c1ccccc1C3(C)C.